The number of nitrogens with one attached hydrogen (secondary N) is 1. The molecule has 2 atom stereocenters. The minimum Gasteiger partial charge on any atom is -0.362 e. The van der Waals surface area contributed by atoms with Crippen molar-refractivity contribution >= 4 is 16.9 Å². The summed E-state index contributed by atoms with van der Waals surface area (Å²) in [7, 11) is 0. The molecule has 104 valence electrons. The molecule has 0 aliphatic carbocycles. The third-order valence-electron chi connectivity index (χ3n) is 3.15. The maximum absolute atomic E-state index is 12.8. The maximum atomic E-state index is 12.8. The van der Waals surface area contributed by atoms with E-state index in [1.807, 2.05) is 23.9 Å². The van der Waals surface area contributed by atoms with E-state index in [1.165, 1.54) is 25.0 Å². The highest BCUT2D eigenvalue weighted by atomic mass is 32.2. The van der Waals surface area contributed by atoms with Crippen molar-refractivity contribution in [1.29, 1.82) is 0 Å². The van der Waals surface area contributed by atoms with E-state index < -0.39 is 0 Å². The third kappa shape index (κ3) is 4.53. The number of aliphatic imine (C=N–C) groups is 1. The van der Waals surface area contributed by atoms with Crippen LogP contribution in [0.1, 0.15) is 32.3 Å². The molecule has 2 unspecified atom stereocenters. The first kappa shape index (κ1) is 14.4. The topological polar surface area (TPSA) is 24.4 Å². The number of halogens is 1. The molecule has 0 spiro atoms. The summed E-state index contributed by atoms with van der Waals surface area (Å²) in [5, 5.41) is 5.16. The second kappa shape index (κ2) is 6.94. The van der Waals surface area contributed by atoms with E-state index in [0.29, 0.717) is 11.3 Å². The van der Waals surface area contributed by atoms with Gasteiger partial charge in [-0.1, -0.05) is 37.2 Å². The molecule has 1 N–H and O–H groups in total. The molecular formula is C15H21FN2S. The molecule has 0 fully saturated rings. The van der Waals surface area contributed by atoms with E-state index in [1.54, 1.807) is 0 Å². The van der Waals surface area contributed by atoms with E-state index in [-0.39, 0.29) is 5.82 Å². The first-order valence-electron chi connectivity index (χ1n) is 6.89. The molecule has 2 nitrogen and oxygen atoms in total. The molecular weight excluding hydrogens is 259 g/mol. The summed E-state index contributed by atoms with van der Waals surface area (Å²) in [6, 6.07) is 7.04. The molecule has 4 heteroatoms. The van der Waals surface area contributed by atoms with Crippen LogP contribution >= 0.6 is 11.8 Å². The minimum absolute atomic E-state index is 0.178. The average molecular weight is 280 g/mol. The molecule has 0 radical (unpaired) electrons. The normalized spacial score (nSPS) is 20.2. The van der Waals surface area contributed by atoms with Gasteiger partial charge >= 0.3 is 0 Å². The lowest BCUT2D eigenvalue weighted by atomic mass is 10.1. The van der Waals surface area contributed by atoms with Gasteiger partial charge in [0.2, 0.25) is 0 Å². The van der Waals surface area contributed by atoms with Crippen molar-refractivity contribution in [2.24, 2.45) is 4.99 Å². The summed E-state index contributed by atoms with van der Waals surface area (Å²) < 4.78 is 12.8. The van der Waals surface area contributed by atoms with Crippen LogP contribution < -0.4 is 5.32 Å². The molecule has 0 amide bonds. The van der Waals surface area contributed by atoms with Gasteiger partial charge in [0.25, 0.3) is 0 Å². The Morgan fingerprint density at radius 1 is 1.42 bits per heavy atom. The molecule has 0 aromatic heterocycles. The quantitative estimate of drug-likeness (QED) is 0.891. The van der Waals surface area contributed by atoms with Gasteiger partial charge in [-0.3, -0.25) is 4.99 Å². The van der Waals surface area contributed by atoms with Crippen LogP contribution in [0.15, 0.2) is 29.3 Å². The van der Waals surface area contributed by atoms with Crippen molar-refractivity contribution in [3.8, 4) is 0 Å². The monoisotopic (exact) mass is 280 g/mol. The number of hydrogen-bond donors (Lipinski definition) is 1. The van der Waals surface area contributed by atoms with Crippen molar-refractivity contribution in [3.05, 3.63) is 35.6 Å². The van der Waals surface area contributed by atoms with Gasteiger partial charge in [-0.15, -0.1) is 0 Å². The Hall–Kier alpha value is -1.03. The first-order valence-corrected chi connectivity index (χ1v) is 7.77. The highest BCUT2D eigenvalue weighted by Crippen LogP contribution is 2.23. The highest BCUT2D eigenvalue weighted by Gasteiger charge is 2.19. The van der Waals surface area contributed by atoms with Gasteiger partial charge in [-0.25, -0.2) is 4.39 Å². The van der Waals surface area contributed by atoms with Crippen molar-refractivity contribution in [2.45, 2.75) is 44.4 Å². The molecule has 0 bridgehead atoms. The highest BCUT2D eigenvalue weighted by molar-refractivity contribution is 8.14. The summed E-state index contributed by atoms with van der Waals surface area (Å²) >= 11 is 1.86. The van der Waals surface area contributed by atoms with Crippen LogP contribution in [0.4, 0.5) is 4.39 Å². The van der Waals surface area contributed by atoms with E-state index in [9.17, 15) is 4.39 Å². The van der Waals surface area contributed by atoms with Crippen molar-refractivity contribution in [3.63, 3.8) is 0 Å². The van der Waals surface area contributed by atoms with Crippen LogP contribution in [0.3, 0.4) is 0 Å². The second-order valence-corrected chi connectivity index (χ2v) is 6.34. The van der Waals surface area contributed by atoms with Crippen molar-refractivity contribution in [1.82, 2.24) is 5.32 Å². The number of nitrogens with zero attached hydrogens (tertiary/aromatic N) is 1. The molecule has 1 aromatic rings. The fourth-order valence-corrected chi connectivity index (χ4v) is 3.44. The third-order valence-corrected chi connectivity index (χ3v) is 4.34. The summed E-state index contributed by atoms with van der Waals surface area (Å²) in [5.74, 6) is -0.178. The fourth-order valence-electron chi connectivity index (χ4n) is 2.20. The van der Waals surface area contributed by atoms with Crippen LogP contribution in [0, 0.1) is 5.82 Å². The smallest absolute Gasteiger partial charge is 0.157 e. The number of benzene rings is 1. The van der Waals surface area contributed by atoms with Crippen LogP contribution in [0.5, 0.6) is 0 Å². The standard InChI is InChI=1S/C15H21FN2S/c1-3-4-14-10-17-15(19-14)18-11(2)9-12-5-7-13(16)8-6-12/h5-8,11,14H,3-4,9-10H2,1-2H3,(H,17,18). The minimum atomic E-state index is -0.178. The Morgan fingerprint density at radius 3 is 2.84 bits per heavy atom. The maximum Gasteiger partial charge on any atom is 0.157 e. The predicted octanol–water partition coefficient (Wildman–Crippen LogP) is 3.62. The predicted molar refractivity (Wildman–Crippen MR) is 81.3 cm³/mol. The molecule has 1 aromatic carbocycles. The summed E-state index contributed by atoms with van der Waals surface area (Å²) in [6.45, 7) is 5.28. The van der Waals surface area contributed by atoms with Crippen LogP contribution in [0.25, 0.3) is 0 Å². The van der Waals surface area contributed by atoms with Gasteiger partial charge < -0.3 is 5.32 Å². The lowest BCUT2D eigenvalue weighted by Crippen LogP contribution is -2.31. The van der Waals surface area contributed by atoms with Gasteiger partial charge in [-0.05, 0) is 37.5 Å². The van der Waals surface area contributed by atoms with Gasteiger partial charge in [0.1, 0.15) is 5.82 Å². The molecule has 19 heavy (non-hydrogen) atoms. The van der Waals surface area contributed by atoms with Crippen LogP contribution in [0.2, 0.25) is 0 Å². The Bertz CT molecular complexity index is 430. The number of hydrogen-bond acceptors (Lipinski definition) is 3. The zero-order chi connectivity index (χ0) is 13.7. The molecule has 2 rings (SSSR count). The van der Waals surface area contributed by atoms with E-state index in [2.05, 4.69) is 24.2 Å². The summed E-state index contributed by atoms with van der Waals surface area (Å²) in [5.41, 5.74) is 1.15. The van der Waals surface area contributed by atoms with Crippen LogP contribution in [-0.2, 0) is 6.42 Å². The number of rotatable bonds is 5. The van der Waals surface area contributed by atoms with Gasteiger partial charge in [0.05, 0.1) is 6.54 Å². The first-order chi connectivity index (χ1) is 9.17. The van der Waals surface area contributed by atoms with Gasteiger partial charge in [0.15, 0.2) is 5.17 Å². The molecule has 1 aliphatic rings. The summed E-state index contributed by atoms with van der Waals surface area (Å²) in [6.07, 6.45) is 3.33. The Labute approximate surface area is 118 Å². The van der Waals surface area contributed by atoms with Gasteiger partial charge in [-0.2, -0.15) is 0 Å². The average Bonchev–Trinajstić information content (AvgIpc) is 2.80. The summed E-state index contributed by atoms with van der Waals surface area (Å²) in [4.78, 5) is 4.54. The number of amidine groups is 1. The SMILES string of the molecule is CCCC1CN=C(NC(C)Cc2ccc(F)cc2)S1. The van der Waals surface area contributed by atoms with E-state index in [4.69, 9.17) is 0 Å². The molecule has 1 aliphatic heterocycles. The van der Waals surface area contributed by atoms with E-state index in [0.717, 1.165) is 23.7 Å². The second-order valence-electron chi connectivity index (χ2n) is 5.05. The fraction of sp³-hybridized carbons (Fsp3) is 0.533. The van der Waals surface area contributed by atoms with E-state index >= 15 is 0 Å². The zero-order valence-corrected chi connectivity index (χ0v) is 12.3. The van der Waals surface area contributed by atoms with Crippen molar-refractivity contribution in [2.75, 3.05) is 6.54 Å². The zero-order valence-electron chi connectivity index (χ0n) is 11.5. The largest absolute Gasteiger partial charge is 0.362 e. The Balaban J connectivity index is 1.79. The molecule has 0 saturated heterocycles. The number of thioether (sulfide) groups is 1. The van der Waals surface area contributed by atoms with Crippen LogP contribution in [-0.4, -0.2) is 23.0 Å². The molecule has 1 heterocycles. The van der Waals surface area contributed by atoms with Crippen molar-refractivity contribution < 1.29 is 4.39 Å². The Kier molecular flexibility index (Phi) is 5.25. The van der Waals surface area contributed by atoms with Gasteiger partial charge in [0, 0.05) is 11.3 Å². The lowest BCUT2D eigenvalue weighted by Gasteiger charge is -2.15. The Morgan fingerprint density at radius 2 is 2.16 bits per heavy atom. The molecule has 0 saturated carbocycles. The lowest BCUT2D eigenvalue weighted by molar-refractivity contribution is 0.623.